The zero-order chi connectivity index (χ0) is 18.6. The summed E-state index contributed by atoms with van der Waals surface area (Å²) in [5.41, 5.74) is 1.61. The topological polar surface area (TPSA) is 87.6 Å². The number of amides is 1. The molecule has 0 aliphatic rings. The molecule has 26 heavy (non-hydrogen) atoms. The number of nitrogens with one attached hydrogen (secondary N) is 3. The number of pyridine rings is 1. The Hall–Kier alpha value is -3.09. The van der Waals surface area contributed by atoms with Crippen molar-refractivity contribution in [2.75, 3.05) is 26.7 Å². The number of rotatable bonds is 8. The van der Waals surface area contributed by atoms with Gasteiger partial charge in [0.15, 0.2) is 5.96 Å². The van der Waals surface area contributed by atoms with E-state index >= 15 is 0 Å². The second-order valence-corrected chi connectivity index (χ2v) is 5.47. The number of hydrogen-bond acceptors (Lipinski definition) is 4. The van der Waals surface area contributed by atoms with Crippen LogP contribution in [0.5, 0.6) is 5.75 Å². The molecule has 0 aliphatic carbocycles. The number of aliphatic imine (C=N–C) groups is 1. The third kappa shape index (κ3) is 6.43. The van der Waals surface area contributed by atoms with Crippen LogP contribution in [0, 0.1) is 0 Å². The molecule has 0 fully saturated rings. The van der Waals surface area contributed by atoms with Gasteiger partial charge in [-0.2, -0.15) is 0 Å². The van der Waals surface area contributed by atoms with E-state index in [0.717, 1.165) is 17.9 Å². The summed E-state index contributed by atoms with van der Waals surface area (Å²) in [4.78, 5) is 20.4. The first-order valence-corrected chi connectivity index (χ1v) is 8.56. The van der Waals surface area contributed by atoms with Gasteiger partial charge in [-0.3, -0.25) is 9.78 Å². The van der Waals surface area contributed by atoms with E-state index in [9.17, 15) is 4.79 Å². The third-order valence-electron chi connectivity index (χ3n) is 3.52. The summed E-state index contributed by atoms with van der Waals surface area (Å²) < 4.78 is 5.22. The van der Waals surface area contributed by atoms with E-state index in [0.29, 0.717) is 31.2 Å². The fraction of sp³-hybridized carbons (Fsp3) is 0.316. The average molecular weight is 355 g/mol. The average Bonchev–Trinajstić information content (AvgIpc) is 2.69. The minimum Gasteiger partial charge on any atom is -0.497 e. The second kappa shape index (κ2) is 10.7. The van der Waals surface area contributed by atoms with E-state index < -0.39 is 0 Å². The van der Waals surface area contributed by atoms with Crippen molar-refractivity contribution in [3.05, 3.63) is 59.9 Å². The van der Waals surface area contributed by atoms with Gasteiger partial charge in [0.05, 0.1) is 19.2 Å². The minimum absolute atomic E-state index is 0.141. The maximum atomic E-state index is 11.9. The van der Waals surface area contributed by atoms with Crippen molar-refractivity contribution in [3.8, 4) is 5.75 Å². The van der Waals surface area contributed by atoms with E-state index in [4.69, 9.17) is 4.74 Å². The number of aromatic nitrogens is 1. The number of nitrogens with zero attached hydrogens (tertiary/aromatic N) is 2. The highest BCUT2D eigenvalue weighted by atomic mass is 16.5. The molecule has 1 heterocycles. The van der Waals surface area contributed by atoms with Crippen molar-refractivity contribution in [2.24, 2.45) is 4.99 Å². The molecule has 0 aliphatic heterocycles. The van der Waals surface area contributed by atoms with E-state index in [1.165, 1.54) is 0 Å². The maximum absolute atomic E-state index is 11.9. The van der Waals surface area contributed by atoms with Gasteiger partial charge in [-0.1, -0.05) is 12.1 Å². The van der Waals surface area contributed by atoms with Crippen molar-refractivity contribution in [1.82, 2.24) is 20.9 Å². The van der Waals surface area contributed by atoms with Crippen LogP contribution >= 0.6 is 0 Å². The van der Waals surface area contributed by atoms with Gasteiger partial charge in [-0.05, 0) is 36.8 Å². The molecular weight excluding hydrogens is 330 g/mol. The first kappa shape index (κ1) is 19.2. The lowest BCUT2D eigenvalue weighted by atomic mass is 10.2. The van der Waals surface area contributed by atoms with Crippen molar-refractivity contribution < 1.29 is 9.53 Å². The molecule has 1 aromatic carbocycles. The van der Waals surface area contributed by atoms with Crippen LogP contribution in [0.25, 0.3) is 0 Å². The van der Waals surface area contributed by atoms with E-state index in [1.807, 2.05) is 31.2 Å². The van der Waals surface area contributed by atoms with Crippen LogP contribution in [0.15, 0.2) is 53.8 Å². The molecule has 2 aromatic rings. The van der Waals surface area contributed by atoms with Crippen LogP contribution in [0.3, 0.4) is 0 Å². The van der Waals surface area contributed by atoms with E-state index in [2.05, 4.69) is 25.9 Å². The fourth-order valence-electron chi connectivity index (χ4n) is 2.24. The Morgan fingerprint density at radius 3 is 2.73 bits per heavy atom. The van der Waals surface area contributed by atoms with E-state index in [1.54, 1.807) is 31.6 Å². The Labute approximate surface area is 153 Å². The van der Waals surface area contributed by atoms with Crippen molar-refractivity contribution in [2.45, 2.75) is 13.5 Å². The quantitative estimate of drug-likeness (QED) is 0.380. The van der Waals surface area contributed by atoms with Gasteiger partial charge in [0, 0.05) is 32.0 Å². The normalized spacial score (nSPS) is 10.9. The molecule has 0 saturated heterocycles. The summed E-state index contributed by atoms with van der Waals surface area (Å²) in [6.07, 6.45) is 3.18. The molecule has 0 radical (unpaired) electrons. The van der Waals surface area contributed by atoms with Crippen LogP contribution in [0.1, 0.15) is 22.8 Å². The molecule has 7 heteroatoms. The molecule has 1 amide bonds. The highest BCUT2D eigenvalue weighted by Crippen LogP contribution is 2.13. The Balaban J connectivity index is 1.80. The molecule has 138 valence electrons. The number of benzene rings is 1. The molecule has 0 bridgehead atoms. The first-order valence-electron chi connectivity index (χ1n) is 8.56. The van der Waals surface area contributed by atoms with E-state index in [-0.39, 0.29) is 5.91 Å². The molecule has 0 spiro atoms. The zero-order valence-corrected chi connectivity index (χ0v) is 15.2. The van der Waals surface area contributed by atoms with Crippen LogP contribution in [0.4, 0.5) is 0 Å². The number of methoxy groups -OCH3 is 1. The molecule has 1 aromatic heterocycles. The smallest absolute Gasteiger partial charge is 0.252 e. The fourth-order valence-corrected chi connectivity index (χ4v) is 2.24. The summed E-state index contributed by atoms with van der Waals surface area (Å²) in [6, 6.07) is 11.3. The van der Waals surface area contributed by atoms with Gasteiger partial charge in [0.2, 0.25) is 0 Å². The standard InChI is InChI=1S/C19H25N5O2/c1-3-21-19(24-13-15-6-4-8-17(12-15)26-2)23-11-10-22-18(25)16-7-5-9-20-14-16/h4-9,12,14H,3,10-11,13H2,1-2H3,(H,22,25)(H2,21,23,24). The zero-order valence-electron chi connectivity index (χ0n) is 15.2. The number of ether oxygens (including phenoxy) is 1. The highest BCUT2D eigenvalue weighted by molar-refractivity contribution is 5.93. The van der Waals surface area contributed by atoms with Gasteiger partial charge in [-0.15, -0.1) is 0 Å². The lowest BCUT2D eigenvalue weighted by Gasteiger charge is -2.12. The molecule has 3 N–H and O–H groups in total. The Morgan fingerprint density at radius 1 is 1.15 bits per heavy atom. The van der Waals surface area contributed by atoms with Crippen LogP contribution in [-0.4, -0.2) is 43.6 Å². The largest absolute Gasteiger partial charge is 0.497 e. The predicted octanol–water partition coefficient (Wildman–Crippen LogP) is 1.58. The molecule has 0 unspecified atom stereocenters. The maximum Gasteiger partial charge on any atom is 0.252 e. The lowest BCUT2D eigenvalue weighted by molar-refractivity contribution is 0.0954. The van der Waals surface area contributed by atoms with Gasteiger partial charge >= 0.3 is 0 Å². The summed E-state index contributed by atoms with van der Waals surface area (Å²) in [6.45, 7) is 4.35. The second-order valence-electron chi connectivity index (χ2n) is 5.47. The number of guanidine groups is 1. The van der Waals surface area contributed by atoms with Gasteiger partial charge in [0.1, 0.15) is 5.75 Å². The highest BCUT2D eigenvalue weighted by Gasteiger charge is 2.04. The van der Waals surface area contributed by atoms with Gasteiger partial charge < -0.3 is 20.7 Å². The third-order valence-corrected chi connectivity index (χ3v) is 3.52. The van der Waals surface area contributed by atoms with Crippen LogP contribution < -0.4 is 20.7 Å². The first-order chi connectivity index (χ1) is 12.7. The molecular formula is C19H25N5O2. The summed E-state index contributed by atoms with van der Waals surface area (Å²) >= 11 is 0. The van der Waals surface area contributed by atoms with Gasteiger partial charge in [-0.25, -0.2) is 4.99 Å². The van der Waals surface area contributed by atoms with Crippen molar-refractivity contribution >= 4 is 11.9 Å². The molecule has 2 rings (SSSR count). The summed E-state index contributed by atoms with van der Waals surface area (Å²) in [7, 11) is 1.65. The van der Waals surface area contributed by atoms with Crippen LogP contribution in [0.2, 0.25) is 0 Å². The molecule has 7 nitrogen and oxygen atoms in total. The van der Waals surface area contributed by atoms with Crippen LogP contribution in [-0.2, 0) is 6.54 Å². The Morgan fingerprint density at radius 2 is 2.00 bits per heavy atom. The Kier molecular flexibility index (Phi) is 7.92. The minimum atomic E-state index is -0.141. The number of carbonyl (C=O) groups excluding carboxylic acids is 1. The number of hydrogen-bond donors (Lipinski definition) is 3. The summed E-state index contributed by atoms with van der Waals surface area (Å²) in [5, 5.41) is 9.23. The monoisotopic (exact) mass is 355 g/mol. The summed E-state index contributed by atoms with van der Waals surface area (Å²) in [5.74, 6) is 1.37. The Bertz CT molecular complexity index is 719. The molecule has 0 saturated carbocycles. The van der Waals surface area contributed by atoms with Gasteiger partial charge in [0.25, 0.3) is 5.91 Å². The molecule has 0 atom stereocenters. The lowest BCUT2D eigenvalue weighted by Crippen LogP contribution is -2.41. The van der Waals surface area contributed by atoms with Crippen molar-refractivity contribution in [3.63, 3.8) is 0 Å². The predicted molar refractivity (Wildman–Crippen MR) is 102 cm³/mol. The number of carbonyl (C=O) groups is 1. The SMILES string of the molecule is CCNC(=NCc1cccc(OC)c1)NCCNC(=O)c1cccnc1. The van der Waals surface area contributed by atoms with Crippen molar-refractivity contribution in [1.29, 1.82) is 0 Å².